The number of aryl methyl sites for hydroxylation is 2. The molecular formula is C22H19F3N2O. The molecular weight excluding hydrogens is 365 g/mol. The molecule has 3 rings (SSSR count). The second-order valence-electron chi connectivity index (χ2n) is 7.52. The molecule has 1 aromatic heterocycles. The summed E-state index contributed by atoms with van der Waals surface area (Å²) in [5.74, 6) is 0. The first-order valence-electron chi connectivity index (χ1n) is 8.71. The van der Waals surface area contributed by atoms with Gasteiger partial charge in [0.2, 0.25) is 0 Å². The second-order valence-corrected chi connectivity index (χ2v) is 7.52. The molecule has 0 spiro atoms. The molecule has 0 amide bonds. The van der Waals surface area contributed by atoms with E-state index in [1.807, 2.05) is 6.07 Å². The number of hydrogen-bond donors (Lipinski definition) is 1. The molecule has 144 valence electrons. The van der Waals surface area contributed by atoms with Gasteiger partial charge in [-0.05, 0) is 68.7 Å². The minimum atomic E-state index is -4.38. The number of nitrogens with zero attached hydrogens (tertiary/aromatic N) is 1. The molecule has 0 aliphatic carbocycles. The topological polar surface area (TPSA) is 56.6 Å². The first-order valence-corrected chi connectivity index (χ1v) is 8.71. The number of fused-ring (bicyclic) bond motifs is 1. The largest absolute Gasteiger partial charge is 0.397 e. The summed E-state index contributed by atoms with van der Waals surface area (Å²) in [6, 6.07) is 11.4. The van der Waals surface area contributed by atoms with Crippen molar-refractivity contribution in [1.29, 1.82) is 5.26 Å². The third-order valence-electron chi connectivity index (χ3n) is 5.20. The van der Waals surface area contributed by atoms with Crippen LogP contribution in [0.5, 0.6) is 0 Å². The summed E-state index contributed by atoms with van der Waals surface area (Å²) in [5.41, 5.74) is 1.21. The van der Waals surface area contributed by atoms with Gasteiger partial charge in [0.25, 0.3) is 0 Å². The van der Waals surface area contributed by atoms with Gasteiger partial charge in [-0.1, -0.05) is 6.07 Å². The summed E-state index contributed by atoms with van der Waals surface area (Å²) < 4.78 is 40.4. The zero-order chi connectivity index (χ0) is 20.9. The molecule has 0 bridgehead atoms. The van der Waals surface area contributed by atoms with E-state index >= 15 is 0 Å². The Hall–Kier alpha value is -3.07. The number of nitrogens with one attached hydrogen (secondary N) is 1. The lowest BCUT2D eigenvalue weighted by Crippen LogP contribution is -2.37. The van der Waals surface area contributed by atoms with Crippen molar-refractivity contribution in [2.45, 2.75) is 39.3 Å². The van der Waals surface area contributed by atoms with Crippen LogP contribution in [0.15, 0.2) is 41.2 Å². The number of alkyl halides is 3. The average Bonchev–Trinajstić information content (AvgIpc) is 2.61. The van der Waals surface area contributed by atoms with Gasteiger partial charge in [0.15, 0.2) is 5.43 Å². The second kappa shape index (κ2) is 6.52. The number of pyridine rings is 1. The number of aromatic nitrogens is 1. The van der Waals surface area contributed by atoms with Gasteiger partial charge in [-0.2, -0.15) is 18.4 Å². The maximum Gasteiger partial charge on any atom is 0.397 e. The zero-order valence-corrected chi connectivity index (χ0v) is 16.0. The van der Waals surface area contributed by atoms with Crippen molar-refractivity contribution in [3.63, 3.8) is 0 Å². The molecule has 0 radical (unpaired) electrons. The molecule has 1 heterocycles. The SMILES string of the molecule is Cc1cc(C(C)(C)C(F)(F)F)c(C)cc1-c1cc(=O)c2ccc(C#N)cc2[nH]1. The highest BCUT2D eigenvalue weighted by atomic mass is 19.4. The molecule has 6 heteroatoms. The minimum absolute atomic E-state index is 0.205. The molecule has 0 fully saturated rings. The number of halogens is 3. The maximum absolute atomic E-state index is 13.5. The Morgan fingerprint density at radius 1 is 1.00 bits per heavy atom. The van der Waals surface area contributed by atoms with Gasteiger partial charge in [-0.3, -0.25) is 4.79 Å². The van der Waals surface area contributed by atoms with Crippen molar-refractivity contribution in [2.75, 3.05) is 0 Å². The van der Waals surface area contributed by atoms with E-state index in [1.165, 1.54) is 12.1 Å². The van der Waals surface area contributed by atoms with Gasteiger partial charge in [0.1, 0.15) is 0 Å². The number of H-pyrrole nitrogens is 1. The predicted molar refractivity (Wildman–Crippen MR) is 103 cm³/mol. The highest BCUT2D eigenvalue weighted by molar-refractivity contribution is 5.83. The highest BCUT2D eigenvalue weighted by Crippen LogP contribution is 2.43. The zero-order valence-electron chi connectivity index (χ0n) is 16.0. The van der Waals surface area contributed by atoms with Gasteiger partial charge in [-0.15, -0.1) is 0 Å². The number of hydrogen-bond acceptors (Lipinski definition) is 2. The van der Waals surface area contributed by atoms with Crippen LogP contribution < -0.4 is 5.43 Å². The minimum Gasteiger partial charge on any atom is -0.354 e. The Labute approximate surface area is 160 Å². The van der Waals surface area contributed by atoms with Crippen molar-refractivity contribution in [3.8, 4) is 17.3 Å². The van der Waals surface area contributed by atoms with Gasteiger partial charge in [0.05, 0.1) is 22.6 Å². The van der Waals surface area contributed by atoms with E-state index in [0.717, 1.165) is 13.8 Å². The van der Waals surface area contributed by atoms with Crippen LogP contribution in [-0.2, 0) is 5.41 Å². The maximum atomic E-state index is 13.5. The summed E-state index contributed by atoms with van der Waals surface area (Å²) in [4.78, 5) is 15.6. The van der Waals surface area contributed by atoms with Crippen LogP contribution in [0.4, 0.5) is 13.2 Å². The van der Waals surface area contributed by atoms with Gasteiger partial charge >= 0.3 is 6.18 Å². The predicted octanol–water partition coefficient (Wildman–Crippen LogP) is 5.52. The average molecular weight is 384 g/mol. The van der Waals surface area contributed by atoms with E-state index in [0.29, 0.717) is 38.9 Å². The van der Waals surface area contributed by atoms with Crippen LogP contribution in [0.25, 0.3) is 22.2 Å². The number of rotatable bonds is 2. The number of nitriles is 1. The fourth-order valence-corrected chi connectivity index (χ4v) is 3.40. The van der Waals surface area contributed by atoms with E-state index in [9.17, 15) is 18.0 Å². The molecule has 0 saturated heterocycles. The van der Waals surface area contributed by atoms with Crippen molar-refractivity contribution < 1.29 is 13.2 Å². The fourth-order valence-electron chi connectivity index (χ4n) is 3.40. The summed E-state index contributed by atoms with van der Waals surface area (Å²) in [6.45, 7) is 5.68. The smallest absolute Gasteiger partial charge is 0.354 e. The van der Waals surface area contributed by atoms with Crippen LogP contribution in [0.1, 0.15) is 36.1 Å². The summed E-state index contributed by atoms with van der Waals surface area (Å²) in [7, 11) is 0. The summed E-state index contributed by atoms with van der Waals surface area (Å²) in [6.07, 6.45) is -4.38. The molecule has 0 unspecified atom stereocenters. The highest BCUT2D eigenvalue weighted by Gasteiger charge is 2.49. The Morgan fingerprint density at radius 2 is 1.68 bits per heavy atom. The third-order valence-corrected chi connectivity index (χ3v) is 5.20. The Bertz CT molecular complexity index is 1180. The van der Waals surface area contributed by atoms with Crippen LogP contribution in [0, 0.1) is 25.2 Å². The van der Waals surface area contributed by atoms with Crippen molar-refractivity contribution in [1.82, 2.24) is 4.98 Å². The van der Waals surface area contributed by atoms with Gasteiger partial charge < -0.3 is 4.98 Å². The normalized spacial score (nSPS) is 12.2. The third kappa shape index (κ3) is 3.18. The Morgan fingerprint density at radius 3 is 2.29 bits per heavy atom. The van der Waals surface area contributed by atoms with Crippen molar-refractivity contribution >= 4 is 10.9 Å². The molecule has 1 N–H and O–H groups in total. The molecule has 3 aromatic rings. The van der Waals surface area contributed by atoms with E-state index in [2.05, 4.69) is 4.98 Å². The van der Waals surface area contributed by atoms with Crippen LogP contribution in [-0.4, -0.2) is 11.2 Å². The lowest BCUT2D eigenvalue weighted by molar-refractivity contribution is -0.180. The molecule has 2 aromatic carbocycles. The van der Waals surface area contributed by atoms with E-state index < -0.39 is 11.6 Å². The lowest BCUT2D eigenvalue weighted by Gasteiger charge is -2.30. The first kappa shape index (κ1) is 19.7. The van der Waals surface area contributed by atoms with E-state index in [1.54, 1.807) is 38.1 Å². The monoisotopic (exact) mass is 384 g/mol. The van der Waals surface area contributed by atoms with Crippen molar-refractivity contribution in [2.24, 2.45) is 0 Å². The van der Waals surface area contributed by atoms with Crippen LogP contribution in [0.3, 0.4) is 0 Å². The molecule has 0 aliphatic rings. The fraction of sp³-hybridized carbons (Fsp3) is 0.273. The molecule has 0 atom stereocenters. The Balaban J connectivity index is 2.22. The Kier molecular flexibility index (Phi) is 4.58. The molecule has 0 aliphatic heterocycles. The molecule has 0 saturated carbocycles. The molecule has 28 heavy (non-hydrogen) atoms. The quantitative estimate of drug-likeness (QED) is 0.632. The lowest BCUT2D eigenvalue weighted by atomic mass is 9.79. The van der Waals surface area contributed by atoms with Gasteiger partial charge in [-0.25, -0.2) is 0 Å². The van der Waals surface area contributed by atoms with Crippen LogP contribution in [0.2, 0.25) is 0 Å². The summed E-state index contributed by atoms with van der Waals surface area (Å²) >= 11 is 0. The van der Waals surface area contributed by atoms with E-state index in [4.69, 9.17) is 5.26 Å². The van der Waals surface area contributed by atoms with Crippen LogP contribution >= 0.6 is 0 Å². The standard InChI is InChI=1S/C22H19F3N2O/c1-12-8-17(21(3,4)22(23,24)25)13(2)7-16(12)19-10-20(28)15-6-5-14(11-26)9-18(15)27-19/h5-10H,1-4H3,(H,27,28). The number of aromatic amines is 1. The molecule has 3 nitrogen and oxygen atoms in total. The van der Waals surface area contributed by atoms with Gasteiger partial charge in [0, 0.05) is 22.7 Å². The number of benzene rings is 2. The first-order chi connectivity index (χ1) is 13.0. The van der Waals surface area contributed by atoms with Crippen molar-refractivity contribution in [3.05, 3.63) is 68.9 Å². The summed E-state index contributed by atoms with van der Waals surface area (Å²) in [5, 5.41) is 9.52. The van der Waals surface area contributed by atoms with E-state index in [-0.39, 0.29) is 11.0 Å².